The highest BCUT2D eigenvalue weighted by molar-refractivity contribution is 5.73. The highest BCUT2D eigenvalue weighted by atomic mass is 15.4. The van der Waals surface area contributed by atoms with Gasteiger partial charge >= 0.3 is 0 Å². The van der Waals surface area contributed by atoms with Crippen LogP contribution >= 0.6 is 0 Å². The molecule has 1 aromatic carbocycles. The van der Waals surface area contributed by atoms with E-state index in [0.717, 1.165) is 16.7 Å². The highest BCUT2D eigenvalue weighted by Crippen LogP contribution is 2.14. The predicted molar refractivity (Wildman–Crippen MR) is 59.2 cm³/mol. The minimum atomic E-state index is 0.746. The lowest BCUT2D eigenvalue weighted by Crippen LogP contribution is -1.96. The van der Waals surface area contributed by atoms with E-state index in [1.54, 1.807) is 17.1 Å². The Bertz CT molecular complexity index is 626. The van der Waals surface area contributed by atoms with Crippen LogP contribution in [0.5, 0.6) is 0 Å². The fraction of sp³-hybridized carbons (Fsp3) is 0.0909. The molecule has 0 amide bonds. The van der Waals surface area contributed by atoms with E-state index in [1.807, 2.05) is 24.3 Å². The van der Waals surface area contributed by atoms with Crippen LogP contribution in [0.3, 0.4) is 0 Å². The van der Waals surface area contributed by atoms with E-state index in [9.17, 15) is 0 Å². The molecule has 0 saturated heterocycles. The third kappa shape index (κ3) is 1.33. The molecule has 0 atom stereocenters. The van der Waals surface area contributed by atoms with Crippen molar-refractivity contribution in [3.63, 3.8) is 0 Å². The average molecular weight is 211 g/mol. The molecule has 3 aromatic rings. The molecule has 16 heavy (non-hydrogen) atoms. The molecule has 2 aromatic heterocycles. The van der Waals surface area contributed by atoms with Crippen molar-refractivity contribution < 1.29 is 0 Å². The first-order valence-corrected chi connectivity index (χ1v) is 4.94. The molecule has 3 rings (SSSR count). The maximum Gasteiger partial charge on any atom is 0.135 e. The number of fused-ring (bicyclic) bond motifs is 1. The Balaban J connectivity index is 2.22. The van der Waals surface area contributed by atoms with Gasteiger partial charge in [-0.25, -0.2) is 4.68 Å². The van der Waals surface area contributed by atoms with Gasteiger partial charge in [-0.2, -0.15) is 10.2 Å². The molecule has 0 N–H and O–H groups in total. The Labute approximate surface area is 91.7 Å². The van der Waals surface area contributed by atoms with Crippen molar-refractivity contribution in [2.24, 2.45) is 0 Å². The van der Waals surface area contributed by atoms with Gasteiger partial charge in [0.15, 0.2) is 0 Å². The maximum atomic E-state index is 4.08. The number of hydrogen-bond acceptors (Lipinski definition) is 4. The third-order valence-corrected chi connectivity index (χ3v) is 2.44. The Hall–Kier alpha value is -2.30. The summed E-state index contributed by atoms with van der Waals surface area (Å²) in [6, 6.07) is 8.09. The number of aromatic nitrogens is 5. The van der Waals surface area contributed by atoms with Gasteiger partial charge in [0.2, 0.25) is 0 Å². The van der Waals surface area contributed by atoms with Crippen molar-refractivity contribution in [2.75, 3.05) is 0 Å². The standard InChI is InChI=1S/C11H9N5/c1-8-2-4-9(5-3-8)16-11-7-13-12-6-10(11)14-15-16/h2-7H,1H3. The van der Waals surface area contributed by atoms with Gasteiger partial charge in [-0.3, -0.25) is 0 Å². The first-order valence-electron chi connectivity index (χ1n) is 4.94. The van der Waals surface area contributed by atoms with Crippen LogP contribution in [0.2, 0.25) is 0 Å². The molecule has 5 heteroatoms. The number of benzene rings is 1. The number of nitrogens with zero attached hydrogens (tertiary/aromatic N) is 5. The topological polar surface area (TPSA) is 56.5 Å². The molecule has 0 aliphatic rings. The Morgan fingerprint density at radius 2 is 1.75 bits per heavy atom. The fourth-order valence-corrected chi connectivity index (χ4v) is 1.57. The molecular formula is C11H9N5. The summed E-state index contributed by atoms with van der Waals surface area (Å²) < 4.78 is 1.75. The second-order valence-electron chi connectivity index (χ2n) is 3.60. The SMILES string of the molecule is Cc1ccc(-n2nnc3cnncc32)cc1. The van der Waals surface area contributed by atoms with Gasteiger partial charge in [0, 0.05) is 0 Å². The van der Waals surface area contributed by atoms with Gasteiger partial charge in [0.1, 0.15) is 11.0 Å². The molecular weight excluding hydrogens is 202 g/mol. The third-order valence-electron chi connectivity index (χ3n) is 2.44. The smallest absolute Gasteiger partial charge is 0.135 e. The van der Waals surface area contributed by atoms with Gasteiger partial charge < -0.3 is 0 Å². The lowest BCUT2D eigenvalue weighted by Gasteiger charge is -2.01. The van der Waals surface area contributed by atoms with E-state index in [4.69, 9.17) is 0 Å². The molecule has 0 fully saturated rings. The van der Waals surface area contributed by atoms with Gasteiger partial charge in [-0.1, -0.05) is 22.9 Å². The van der Waals surface area contributed by atoms with Gasteiger partial charge in [-0.15, -0.1) is 5.10 Å². The van der Waals surface area contributed by atoms with Crippen molar-refractivity contribution >= 4 is 11.0 Å². The summed E-state index contributed by atoms with van der Waals surface area (Å²) in [6.45, 7) is 2.05. The molecule has 78 valence electrons. The van der Waals surface area contributed by atoms with Crippen LogP contribution < -0.4 is 0 Å². The number of hydrogen-bond donors (Lipinski definition) is 0. The van der Waals surface area contributed by atoms with Crippen molar-refractivity contribution in [1.82, 2.24) is 25.2 Å². The molecule has 0 bridgehead atoms. The maximum absolute atomic E-state index is 4.08. The van der Waals surface area contributed by atoms with E-state index in [0.29, 0.717) is 0 Å². The molecule has 0 radical (unpaired) electrons. The van der Waals surface area contributed by atoms with Crippen LogP contribution in [-0.4, -0.2) is 25.2 Å². The Kier molecular flexibility index (Phi) is 1.89. The summed E-state index contributed by atoms with van der Waals surface area (Å²) in [6.07, 6.45) is 3.27. The summed E-state index contributed by atoms with van der Waals surface area (Å²) in [5, 5.41) is 15.7. The number of rotatable bonds is 1. The lowest BCUT2D eigenvalue weighted by atomic mass is 10.2. The lowest BCUT2D eigenvalue weighted by molar-refractivity contribution is 0.823. The van der Waals surface area contributed by atoms with Crippen molar-refractivity contribution in [1.29, 1.82) is 0 Å². The minimum Gasteiger partial charge on any atom is -0.211 e. The first kappa shape index (κ1) is 8.96. The zero-order valence-corrected chi connectivity index (χ0v) is 8.70. The molecule has 0 saturated carbocycles. The monoisotopic (exact) mass is 211 g/mol. The Morgan fingerprint density at radius 3 is 2.56 bits per heavy atom. The largest absolute Gasteiger partial charge is 0.211 e. The summed E-state index contributed by atoms with van der Waals surface area (Å²) >= 11 is 0. The van der Waals surface area contributed by atoms with E-state index >= 15 is 0 Å². The predicted octanol–water partition coefficient (Wildman–Crippen LogP) is 1.52. The zero-order chi connectivity index (χ0) is 11.0. The summed E-state index contributed by atoms with van der Waals surface area (Å²) in [5.74, 6) is 0. The molecule has 0 spiro atoms. The summed E-state index contributed by atoms with van der Waals surface area (Å²) in [4.78, 5) is 0. The van der Waals surface area contributed by atoms with E-state index in [1.165, 1.54) is 5.56 Å². The van der Waals surface area contributed by atoms with Crippen molar-refractivity contribution in [3.05, 3.63) is 42.2 Å². The van der Waals surface area contributed by atoms with E-state index in [-0.39, 0.29) is 0 Å². The number of aryl methyl sites for hydroxylation is 1. The van der Waals surface area contributed by atoms with Gasteiger partial charge in [-0.05, 0) is 19.1 Å². The van der Waals surface area contributed by atoms with Crippen LogP contribution in [0.1, 0.15) is 5.56 Å². The molecule has 0 aliphatic heterocycles. The quantitative estimate of drug-likeness (QED) is 0.612. The molecule has 0 unspecified atom stereocenters. The van der Waals surface area contributed by atoms with Crippen LogP contribution in [0, 0.1) is 6.92 Å². The van der Waals surface area contributed by atoms with Crippen molar-refractivity contribution in [2.45, 2.75) is 6.92 Å². The Morgan fingerprint density at radius 1 is 1.00 bits per heavy atom. The average Bonchev–Trinajstić information content (AvgIpc) is 2.74. The van der Waals surface area contributed by atoms with Gasteiger partial charge in [0.05, 0.1) is 18.1 Å². The van der Waals surface area contributed by atoms with Crippen molar-refractivity contribution in [3.8, 4) is 5.69 Å². The van der Waals surface area contributed by atoms with Crippen LogP contribution in [-0.2, 0) is 0 Å². The molecule has 0 aliphatic carbocycles. The van der Waals surface area contributed by atoms with Crippen LogP contribution in [0.4, 0.5) is 0 Å². The van der Waals surface area contributed by atoms with E-state index in [2.05, 4.69) is 27.4 Å². The summed E-state index contributed by atoms with van der Waals surface area (Å²) in [5.41, 5.74) is 3.79. The normalized spacial score (nSPS) is 10.8. The molecule has 2 heterocycles. The fourth-order valence-electron chi connectivity index (χ4n) is 1.57. The summed E-state index contributed by atoms with van der Waals surface area (Å²) in [7, 11) is 0. The van der Waals surface area contributed by atoms with Gasteiger partial charge in [0.25, 0.3) is 0 Å². The van der Waals surface area contributed by atoms with Crippen LogP contribution in [0.15, 0.2) is 36.7 Å². The minimum absolute atomic E-state index is 0.746. The highest BCUT2D eigenvalue weighted by Gasteiger charge is 2.05. The van der Waals surface area contributed by atoms with Crippen LogP contribution in [0.25, 0.3) is 16.7 Å². The first-order chi connectivity index (χ1) is 7.84. The molecule has 5 nitrogen and oxygen atoms in total. The van der Waals surface area contributed by atoms with E-state index < -0.39 is 0 Å². The second kappa shape index (κ2) is 3.37. The zero-order valence-electron chi connectivity index (χ0n) is 8.70. The second-order valence-corrected chi connectivity index (χ2v) is 3.60.